The molecule has 0 saturated carbocycles. The minimum absolute atomic E-state index is 0.195. The quantitative estimate of drug-likeness (QED) is 0.633. The largest absolute Gasteiger partial charge is 0.355 e. The van der Waals surface area contributed by atoms with Crippen molar-refractivity contribution in [2.24, 2.45) is 0 Å². The molecule has 0 radical (unpaired) electrons. The molecule has 2 aromatic rings. The first kappa shape index (κ1) is 17.4. The molecule has 126 valence electrons. The summed E-state index contributed by atoms with van der Waals surface area (Å²) in [5, 5.41) is 13.5. The van der Waals surface area contributed by atoms with Gasteiger partial charge in [0.1, 0.15) is 0 Å². The zero-order valence-corrected chi connectivity index (χ0v) is 13.8. The first-order valence-electron chi connectivity index (χ1n) is 6.85. The van der Waals surface area contributed by atoms with Crippen LogP contribution in [-0.2, 0) is 10.0 Å². The van der Waals surface area contributed by atoms with Crippen LogP contribution in [0.3, 0.4) is 0 Å². The Hall–Kier alpha value is -2.94. The van der Waals surface area contributed by atoms with Gasteiger partial charge in [0.05, 0.1) is 4.92 Å². The van der Waals surface area contributed by atoms with Crippen molar-refractivity contribution in [2.75, 3.05) is 11.8 Å². The van der Waals surface area contributed by atoms with Gasteiger partial charge in [-0.05, 0) is 36.8 Å². The molecule has 9 heteroatoms. The molecule has 0 aromatic heterocycles. The molecule has 1 amide bonds. The van der Waals surface area contributed by atoms with Crippen molar-refractivity contribution in [3.63, 3.8) is 0 Å². The van der Waals surface area contributed by atoms with Gasteiger partial charge in [-0.15, -0.1) is 0 Å². The molecule has 0 bridgehead atoms. The number of nitrogens with one attached hydrogen (secondary N) is 2. The van der Waals surface area contributed by atoms with E-state index in [-0.39, 0.29) is 22.1 Å². The SMILES string of the molecule is CNC(=O)c1ccc(NS(=O)(=O)c2c(C)cccc2[N+](=O)[O-])cc1. The molecule has 24 heavy (non-hydrogen) atoms. The van der Waals surface area contributed by atoms with Crippen molar-refractivity contribution in [1.82, 2.24) is 5.32 Å². The lowest BCUT2D eigenvalue weighted by molar-refractivity contribution is -0.387. The molecule has 0 fully saturated rings. The maximum absolute atomic E-state index is 12.5. The highest BCUT2D eigenvalue weighted by atomic mass is 32.2. The van der Waals surface area contributed by atoms with E-state index in [1.54, 1.807) is 0 Å². The van der Waals surface area contributed by atoms with Crippen LogP contribution in [0.25, 0.3) is 0 Å². The minimum Gasteiger partial charge on any atom is -0.355 e. The Balaban J connectivity index is 2.39. The van der Waals surface area contributed by atoms with Crippen molar-refractivity contribution < 1.29 is 18.1 Å². The Kier molecular flexibility index (Phi) is 4.84. The van der Waals surface area contributed by atoms with Crippen LogP contribution in [0.1, 0.15) is 15.9 Å². The highest BCUT2D eigenvalue weighted by Crippen LogP contribution is 2.28. The fourth-order valence-corrected chi connectivity index (χ4v) is 3.63. The van der Waals surface area contributed by atoms with Crippen molar-refractivity contribution in [1.29, 1.82) is 0 Å². The number of hydrogen-bond acceptors (Lipinski definition) is 5. The Morgan fingerprint density at radius 3 is 2.29 bits per heavy atom. The van der Waals surface area contributed by atoms with Crippen molar-refractivity contribution in [3.8, 4) is 0 Å². The number of benzene rings is 2. The molecule has 0 unspecified atom stereocenters. The van der Waals surface area contributed by atoms with Gasteiger partial charge in [-0.2, -0.15) is 0 Å². The molecule has 0 atom stereocenters. The first-order valence-corrected chi connectivity index (χ1v) is 8.33. The summed E-state index contributed by atoms with van der Waals surface area (Å²) in [6.45, 7) is 1.48. The molecule has 0 aliphatic heterocycles. The molecule has 8 nitrogen and oxygen atoms in total. The summed E-state index contributed by atoms with van der Waals surface area (Å²) < 4.78 is 27.3. The Morgan fingerprint density at radius 1 is 1.12 bits per heavy atom. The number of nitrogens with zero attached hydrogens (tertiary/aromatic N) is 1. The summed E-state index contributed by atoms with van der Waals surface area (Å²) in [5.41, 5.74) is 0.325. The number of rotatable bonds is 5. The van der Waals surface area contributed by atoms with Gasteiger partial charge in [0.25, 0.3) is 21.6 Å². The summed E-state index contributed by atoms with van der Waals surface area (Å²) in [6, 6.07) is 9.75. The molecular weight excluding hydrogens is 334 g/mol. The van der Waals surface area contributed by atoms with E-state index in [1.807, 2.05) is 0 Å². The van der Waals surface area contributed by atoms with Crippen molar-refractivity contribution >= 4 is 27.3 Å². The highest BCUT2D eigenvalue weighted by Gasteiger charge is 2.27. The second-order valence-corrected chi connectivity index (χ2v) is 6.56. The van der Waals surface area contributed by atoms with E-state index < -0.39 is 20.6 Å². The van der Waals surface area contributed by atoms with Crippen LogP contribution in [-0.4, -0.2) is 26.3 Å². The third kappa shape index (κ3) is 3.51. The number of anilines is 1. The molecular formula is C15H15N3O5S. The van der Waals surface area contributed by atoms with E-state index in [0.717, 1.165) is 6.07 Å². The van der Waals surface area contributed by atoms with E-state index in [4.69, 9.17) is 0 Å². The molecule has 0 aliphatic carbocycles. The number of nitro groups is 1. The average Bonchev–Trinajstić information content (AvgIpc) is 2.53. The molecule has 2 N–H and O–H groups in total. The van der Waals surface area contributed by atoms with Gasteiger partial charge in [0, 0.05) is 24.4 Å². The van der Waals surface area contributed by atoms with E-state index in [9.17, 15) is 23.3 Å². The van der Waals surface area contributed by atoms with Crippen LogP contribution in [0.2, 0.25) is 0 Å². The van der Waals surface area contributed by atoms with Gasteiger partial charge in [0.2, 0.25) is 0 Å². The molecule has 0 spiro atoms. The number of amides is 1. The number of carbonyl (C=O) groups excluding carboxylic acids is 1. The highest BCUT2D eigenvalue weighted by molar-refractivity contribution is 7.93. The van der Waals surface area contributed by atoms with Gasteiger partial charge in [0.15, 0.2) is 4.90 Å². The molecule has 0 saturated heterocycles. The Bertz CT molecular complexity index is 892. The predicted octanol–water partition coefficient (Wildman–Crippen LogP) is 2.06. The molecule has 2 rings (SSSR count). The third-order valence-corrected chi connectivity index (χ3v) is 4.86. The van der Waals surface area contributed by atoms with E-state index in [1.165, 1.54) is 50.4 Å². The molecule has 0 aliphatic rings. The number of sulfonamides is 1. The predicted molar refractivity (Wildman–Crippen MR) is 88.5 cm³/mol. The summed E-state index contributed by atoms with van der Waals surface area (Å²) in [4.78, 5) is 21.4. The summed E-state index contributed by atoms with van der Waals surface area (Å²) in [6.07, 6.45) is 0. The van der Waals surface area contributed by atoms with Gasteiger partial charge >= 0.3 is 0 Å². The number of aryl methyl sites for hydroxylation is 1. The minimum atomic E-state index is -4.15. The number of hydrogen-bond donors (Lipinski definition) is 2. The average molecular weight is 349 g/mol. The second kappa shape index (κ2) is 6.67. The van der Waals surface area contributed by atoms with Crippen molar-refractivity contribution in [2.45, 2.75) is 11.8 Å². The van der Waals surface area contributed by atoms with Crippen molar-refractivity contribution in [3.05, 3.63) is 63.7 Å². The van der Waals surface area contributed by atoms with Crippen LogP contribution < -0.4 is 10.0 Å². The van der Waals surface area contributed by atoms with Gasteiger partial charge in [-0.1, -0.05) is 12.1 Å². The summed E-state index contributed by atoms with van der Waals surface area (Å²) >= 11 is 0. The monoisotopic (exact) mass is 349 g/mol. The maximum Gasteiger partial charge on any atom is 0.290 e. The molecule has 2 aromatic carbocycles. The van der Waals surface area contributed by atoms with E-state index in [0.29, 0.717) is 5.56 Å². The first-order chi connectivity index (χ1) is 11.3. The van der Waals surface area contributed by atoms with Gasteiger partial charge in [-0.25, -0.2) is 8.42 Å². The summed E-state index contributed by atoms with van der Waals surface area (Å²) in [5.74, 6) is -0.307. The Labute approximate surface area is 138 Å². The third-order valence-electron chi connectivity index (χ3n) is 3.28. The second-order valence-electron chi connectivity index (χ2n) is 4.94. The van der Waals surface area contributed by atoms with Crippen LogP contribution in [0.5, 0.6) is 0 Å². The van der Waals surface area contributed by atoms with E-state index in [2.05, 4.69) is 10.0 Å². The fourth-order valence-electron chi connectivity index (χ4n) is 2.17. The van der Waals surface area contributed by atoms with Crippen LogP contribution in [0.15, 0.2) is 47.4 Å². The zero-order chi connectivity index (χ0) is 17.9. The van der Waals surface area contributed by atoms with E-state index >= 15 is 0 Å². The Morgan fingerprint density at radius 2 is 1.75 bits per heavy atom. The number of nitro benzene ring substituents is 1. The van der Waals surface area contributed by atoms with Crippen LogP contribution in [0.4, 0.5) is 11.4 Å². The number of carbonyl (C=O) groups is 1. The van der Waals surface area contributed by atoms with Gasteiger partial charge in [-0.3, -0.25) is 19.6 Å². The van der Waals surface area contributed by atoms with Gasteiger partial charge < -0.3 is 5.32 Å². The normalized spacial score (nSPS) is 10.9. The lowest BCUT2D eigenvalue weighted by Gasteiger charge is -2.11. The lowest BCUT2D eigenvalue weighted by Crippen LogP contribution is -2.18. The van der Waals surface area contributed by atoms with Crippen LogP contribution >= 0.6 is 0 Å². The fraction of sp³-hybridized carbons (Fsp3) is 0.133. The van der Waals surface area contributed by atoms with Crippen LogP contribution in [0, 0.1) is 17.0 Å². The topological polar surface area (TPSA) is 118 Å². The summed E-state index contributed by atoms with van der Waals surface area (Å²) in [7, 11) is -2.67. The molecule has 0 heterocycles. The standard InChI is InChI=1S/C15H15N3O5S/c1-10-4-3-5-13(18(20)21)14(10)24(22,23)17-12-8-6-11(7-9-12)15(19)16-2/h3-9,17H,1-2H3,(H,16,19). The lowest BCUT2D eigenvalue weighted by atomic mass is 10.2. The maximum atomic E-state index is 12.5. The zero-order valence-electron chi connectivity index (χ0n) is 12.9. The smallest absolute Gasteiger partial charge is 0.290 e.